The second-order valence-corrected chi connectivity index (χ2v) is 5.24. The molecule has 0 unspecified atom stereocenters. The lowest BCUT2D eigenvalue weighted by Crippen LogP contribution is -2.28. The number of anilines is 1. The first-order chi connectivity index (χ1) is 9.29. The van der Waals surface area contributed by atoms with Crippen molar-refractivity contribution in [1.82, 2.24) is 9.97 Å². The normalized spacial score (nSPS) is 17.1. The Bertz CT molecular complexity index is 392. The van der Waals surface area contributed by atoms with Crippen molar-refractivity contribution in [3.63, 3.8) is 0 Å². The molecule has 0 N–H and O–H groups in total. The fraction of sp³-hybridized carbons (Fsp3) is 0.714. The summed E-state index contributed by atoms with van der Waals surface area (Å²) in [6, 6.07) is 1.86. The van der Waals surface area contributed by atoms with Gasteiger partial charge >= 0.3 is 0 Å². The zero-order valence-corrected chi connectivity index (χ0v) is 12.3. The summed E-state index contributed by atoms with van der Waals surface area (Å²) in [5.74, 6) is 1.61. The Hall–Kier alpha value is -0.870. The fourth-order valence-electron chi connectivity index (χ4n) is 2.35. The molecule has 1 saturated heterocycles. The molecule has 0 aliphatic carbocycles. The lowest BCUT2D eigenvalue weighted by Gasteiger charge is -2.26. The summed E-state index contributed by atoms with van der Waals surface area (Å²) in [5, 5.41) is 0.502. The van der Waals surface area contributed by atoms with Gasteiger partial charge in [0.15, 0.2) is 5.82 Å². The minimum atomic E-state index is 0.428. The van der Waals surface area contributed by atoms with E-state index in [1.54, 1.807) is 0 Å². The smallest absolute Gasteiger partial charge is 0.158 e. The van der Waals surface area contributed by atoms with Crippen molar-refractivity contribution in [2.24, 2.45) is 0 Å². The molecular formula is C14H22ClN3O. The molecule has 2 heterocycles. The quantitative estimate of drug-likeness (QED) is 0.794. The van der Waals surface area contributed by atoms with E-state index in [4.69, 9.17) is 16.3 Å². The van der Waals surface area contributed by atoms with E-state index in [-0.39, 0.29) is 0 Å². The van der Waals surface area contributed by atoms with Gasteiger partial charge in [0, 0.05) is 25.8 Å². The highest BCUT2D eigenvalue weighted by Crippen LogP contribution is 2.20. The number of rotatable bonds is 4. The summed E-state index contributed by atoms with van der Waals surface area (Å²) >= 11 is 6.09. The van der Waals surface area contributed by atoms with Gasteiger partial charge in [-0.1, -0.05) is 30.9 Å². The van der Waals surface area contributed by atoms with E-state index in [0.717, 1.165) is 18.9 Å². The molecule has 0 spiro atoms. The predicted molar refractivity (Wildman–Crippen MR) is 77.7 cm³/mol. The molecule has 0 amide bonds. The van der Waals surface area contributed by atoms with Gasteiger partial charge in [-0.15, -0.1) is 0 Å². The van der Waals surface area contributed by atoms with Crippen LogP contribution in [0.3, 0.4) is 0 Å². The highest BCUT2D eigenvalue weighted by atomic mass is 35.5. The minimum absolute atomic E-state index is 0.428. The molecule has 0 atom stereocenters. The monoisotopic (exact) mass is 283 g/mol. The molecule has 19 heavy (non-hydrogen) atoms. The molecule has 0 bridgehead atoms. The first-order valence-corrected chi connectivity index (χ1v) is 7.53. The van der Waals surface area contributed by atoms with Crippen molar-refractivity contribution in [3.05, 3.63) is 17.0 Å². The van der Waals surface area contributed by atoms with Crippen LogP contribution in [0.25, 0.3) is 0 Å². The highest BCUT2D eigenvalue weighted by Gasteiger charge is 2.12. The molecular weight excluding hydrogens is 262 g/mol. The average Bonchev–Trinajstić information content (AvgIpc) is 2.35. The maximum absolute atomic E-state index is 6.09. The highest BCUT2D eigenvalue weighted by molar-refractivity contribution is 6.29. The molecule has 1 aliphatic heterocycles. The van der Waals surface area contributed by atoms with Crippen LogP contribution >= 0.6 is 11.6 Å². The third-order valence-corrected chi connectivity index (χ3v) is 3.54. The van der Waals surface area contributed by atoms with E-state index in [9.17, 15) is 0 Å². The SMILES string of the molecule is CCOCc1nc(Cl)cc(N2CCCCCCC2)n1. The molecule has 0 aromatic carbocycles. The molecule has 4 nitrogen and oxygen atoms in total. The van der Waals surface area contributed by atoms with E-state index in [0.29, 0.717) is 24.2 Å². The summed E-state index contributed by atoms with van der Waals surface area (Å²) in [6.07, 6.45) is 6.42. The Kier molecular flexibility index (Phi) is 5.86. The Labute approximate surface area is 120 Å². The number of hydrogen-bond acceptors (Lipinski definition) is 4. The van der Waals surface area contributed by atoms with Gasteiger partial charge in [0.2, 0.25) is 0 Å². The van der Waals surface area contributed by atoms with Crippen LogP contribution in [-0.2, 0) is 11.3 Å². The van der Waals surface area contributed by atoms with Gasteiger partial charge in [-0.05, 0) is 19.8 Å². The lowest BCUT2D eigenvalue weighted by atomic mass is 10.1. The fourth-order valence-corrected chi connectivity index (χ4v) is 2.54. The zero-order valence-electron chi connectivity index (χ0n) is 11.6. The summed E-state index contributed by atoms with van der Waals surface area (Å²) < 4.78 is 5.36. The van der Waals surface area contributed by atoms with E-state index in [1.165, 1.54) is 32.1 Å². The Morgan fingerprint density at radius 1 is 1.16 bits per heavy atom. The molecule has 5 heteroatoms. The average molecular weight is 284 g/mol. The van der Waals surface area contributed by atoms with Crippen molar-refractivity contribution in [2.45, 2.75) is 45.6 Å². The summed E-state index contributed by atoms with van der Waals surface area (Å²) in [4.78, 5) is 11.1. The number of aromatic nitrogens is 2. The van der Waals surface area contributed by atoms with Crippen LogP contribution in [0, 0.1) is 0 Å². The largest absolute Gasteiger partial charge is 0.374 e. The molecule has 1 fully saturated rings. The third-order valence-electron chi connectivity index (χ3n) is 3.34. The molecule has 106 valence electrons. The zero-order chi connectivity index (χ0) is 13.5. The van der Waals surface area contributed by atoms with Crippen LogP contribution < -0.4 is 4.90 Å². The van der Waals surface area contributed by atoms with Crippen molar-refractivity contribution in [2.75, 3.05) is 24.6 Å². The molecule has 0 radical (unpaired) electrons. The van der Waals surface area contributed by atoms with Gasteiger partial charge in [-0.25, -0.2) is 9.97 Å². The minimum Gasteiger partial charge on any atom is -0.374 e. The number of nitrogens with zero attached hydrogens (tertiary/aromatic N) is 3. The Morgan fingerprint density at radius 3 is 2.53 bits per heavy atom. The summed E-state index contributed by atoms with van der Waals surface area (Å²) in [7, 11) is 0. The van der Waals surface area contributed by atoms with Crippen LogP contribution in [0.2, 0.25) is 5.15 Å². The first-order valence-electron chi connectivity index (χ1n) is 7.15. The first kappa shape index (κ1) is 14.5. The molecule has 1 aromatic heterocycles. The van der Waals surface area contributed by atoms with Gasteiger partial charge in [-0.2, -0.15) is 0 Å². The van der Waals surface area contributed by atoms with Gasteiger partial charge < -0.3 is 9.64 Å². The van der Waals surface area contributed by atoms with Crippen LogP contribution in [0.5, 0.6) is 0 Å². The van der Waals surface area contributed by atoms with Crippen LogP contribution in [0.4, 0.5) is 5.82 Å². The van der Waals surface area contributed by atoms with Gasteiger partial charge in [0.05, 0.1) is 0 Å². The van der Waals surface area contributed by atoms with E-state index in [1.807, 2.05) is 13.0 Å². The van der Waals surface area contributed by atoms with Crippen LogP contribution in [-0.4, -0.2) is 29.7 Å². The predicted octanol–water partition coefficient (Wildman–Crippen LogP) is 3.44. The second kappa shape index (κ2) is 7.65. The van der Waals surface area contributed by atoms with E-state index < -0.39 is 0 Å². The molecule has 2 rings (SSSR count). The topological polar surface area (TPSA) is 38.2 Å². The van der Waals surface area contributed by atoms with Crippen LogP contribution in [0.15, 0.2) is 6.07 Å². The number of ether oxygens (including phenoxy) is 1. The van der Waals surface area contributed by atoms with Crippen molar-refractivity contribution in [1.29, 1.82) is 0 Å². The van der Waals surface area contributed by atoms with Crippen molar-refractivity contribution in [3.8, 4) is 0 Å². The maximum Gasteiger partial charge on any atom is 0.158 e. The number of hydrogen-bond donors (Lipinski definition) is 0. The molecule has 1 aromatic rings. The second-order valence-electron chi connectivity index (χ2n) is 4.86. The molecule has 1 aliphatic rings. The summed E-state index contributed by atoms with van der Waals surface area (Å²) in [5.41, 5.74) is 0. The summed E-state index contributed by atoms with van der Waals surface area (Å²) in [6.45, 7) is 5.17. The Morgan fingerprint density at radius 2 is 1.84 bits per heavy atom. The Balaban J connectivity index is 2.10. The van der Waals surface area contributed by atoms with E-state index >= 15 is 0 Å². The standard InChI is InChI=1S/C14H22ClN3O/c1-2-19-11-13-16-12(15)10-14(17-13)18-8-6-4-3-5-7-9-18/h10H,2-9,11H2,1H3. The van der Waals surface area contributed by atoms with Crippen molar-refractivity contribution < 1.29 is 4.74 Å². The maximum atomic E-state index is 6.09. The van der Waals surface area contributed by atoms with Crippen molar-refractivity contribution >= 4 is 17.4 Å². The van der Waals surface area contributed by atoms with E-state index in [2.05, 4.69) is 14.9 Å². The third kappa shape index (κ3) is 4.62. The number of halogens is 1. The molecule has 0 saturated carbocycles. The van der Waals surface area contributed by atoms with Gasteiger partial charge in [-0.3, -0.25) is 0 Å². The van der Waals surface area contributed by atoms with Gasteiger partial charge in [0.25, 0.3) is 0 Å². The van der Waals surface area contributed by atoms with Gasteiger partial charge in [0.1, 0.15) is 17.6 Å². The lowest BCUT2D eigenvalue weighted by molar-refractivity contribution is 0.128. The van der Waals surface area contributed by atoms with Crippen LogP contribution in [0.1, 0.15) is 44.9 Å².